The van der Waals surface area contributed by atoms with Crippen LogP contribution in [0.15, 0.2) is 42.5 Å². The first-order chi connectivity index (χ1) is 16.0. The number of nitrogens with zero attached hydrogens (tertiary/aromatic N) is 2. The SMILES string of the molecule is CCNC(=O)C(C)N(Cc1ccccc1Cl)C(=O)CN(c1ccc(OC)cc1OC)S(C)(=O)=O. The Morgan fingerprint density at radius 1 is 1.12 bits per heavy atom. The average Bonchev–Trinajstić information content (AvgIpc) is 2.80. The minimum Gasteiger partial charge on any atom is -0.497 e. The lowest BCUT2D eigenvalue weighted by Gasteiger charge is -2.32. The van der Waals surface area contributed by atoms with E-state index in [1.165, 1.54) is 31.3 Å². The minimum absolute atomic E-state index is 0.0220. The molecule has 11 heteroatoms. The van der Waals surface area contributed by atoms with Crippen LogP contribution < -0.4 is 19.1 Å². The number of hydrogen-bond donors (Lipinski definition) is 1. The molecule has 1 N–H and O–H groups in total. The van der Waals surface area contributed by atoms with Gasteiger partial charge in [0.2, 0.25) is 21.8 Å². The highest BCUT2D eigenvalue weighted by Crippen LogP contribution is 2.33. The van der Waals surface area contributed by atoms with Crippen LogP contribution in [-0.2, 0) is 26.2 Å². The largest absolute Gasteiger partial charge is 0.497 e. The van der Waals surface area contributed by atoms with E-state index in [1.54, 1.807) is 44.2 Å². The number of methoxy groups -OCH3 is 2. The molecule has 0 radical (unpaired) electrons. The lowest BCUT2D eigenvalue weighted by Crippen LogP contribution is -2.51. The molecule has 1 atom stereocenters. The molecule has 0 aliphatic rings. The summed E-state index contributed by atoms with van der Waals surface area (Å²) >= 11 is 6.29. The van der Waals surface area contributed by atoms with Crippen LogP contribution in [0.25, 0.3) is 0 Å². The number of benzene rings is 2. The summed E-state index contributed by atoms with van der Waals surface area (Å²) in [5.41, 5.74) is 0.795. The molecule has 0 aliphatic carbocycles. The Kier molecular flexibility index (Phi) is 9.57. The third-order valence-corrected chi connectivity index (χ3v) is 6.65. The molecule has 0 spiro atoms. The highest BCUT2D eigenvalue weighted by molar-refractivity contribution is 7.92. The second-order valence-corrected chi connectivity index (χ2v) is 9.81. The smallest absolute Gasteiger partial charge is 0.244 e. The van der Waals surface area contributed by atoms with Gasteiger partial charge in [0.25, 0.3) is 0 Å². The van der Waals surface area contributed by atoms with Crippen molar-refractivity contribution in [1.29, 1.82) is 0 Å². The molecule has 2 aromatic carbocycles. The number of hydrogen-bond acceptors (Lipinski definition) is 6. The Bertz CT molecular complexity index is 1130. The van der Waals surface area contributed by atoms with Crippen LogP contribution >= 0.6 is 11.6 Å². The van der Waals surface area contributed by atoms with Crippen LogP contribution in [0.3, 0.4) is 0 Å². The zero-order chi connectivity index (χ0) is 25.5. The standard InChI is InChI=1S/C23H30ClN3O6S/c1-6-25-23(29)16(2)26(14-17-9-7-8-10-19(17)24)22(28)15-27(34(5,30)31)20-12-11-18(32-3)13-21(20)33-4/h7-13,16H,6,14-15H2,1-5H3,(H,25,29). The van der Waals surface area contributed by atoms with Crippen molar-refractivity contribution in [3.05, 3.63) is 53.1 Å². The normalized spacial score (nSPS) is 11.9. The van der Waals surface area contributed by atoms with Gasteiger partial charge in [-0.05, 0) is 37.6 Å². The third kappa shape index (κ3) is 6.77. The summed E-state index contributed by atoms with van der Waals surface area (Å²) in [6, 6.07) is 10.7. The Hall–Kier alpha value is -2.98. The van der Waals surface area contributed by atoms with E-state index < -0.39 is 28.5 Å². The number of anilines is 1. The van der Waals surface area contributed by atoms with Crippen molar-refractivity contribution < 1.29 is 27.5 Å². The first kappa shape index (κ1) is 27.3. The summed E-state index contributed by atoms with van der Waals surface area (Å²) in [4.78, 5) is 27.4. The van der Waals surface area contributed by atoms with E-state index in [-0.39, 0.29) is 23.9 Å². The number of ether oxygens (including phenoxy) is 2. The van der Waals surface area contributed by atoms with Crippen molar-refractivity contribution in [1.82, 2.24) is 10.2 Å². The quantitative estimate of drug-likeness (QED) is 0.497. The molecule has 0 aromatic heterocycles. The number of likely N-dealkylation sites (N-methyl/N-ethyl adjacent to an activating group) is 1. The Morgan fingerprint density at radius 2 is 1.79 bits per heavy atom. The predicted octanol–water partition coefficient (Wildman–Crippen LogP) is 2.68. The summed E-state index contributed by atoms with van der Waals surface area (Å²) in [7, 11) is -1.03. The van der Waals surface area contributed by atoms with Crippen molar-refractivity contribution in [3.63, 3.8) is 0 Å². The van der Waals surface area contributed by atoms with Gasteiger partial charge in [-0.2, -0.15) is 0 Å². The van der Waals surface area contributed by atoms with Crippen LogP contribution in [0.1, 0.15) is 19.4 Å². The molecule has 0 aliphatic heterocycles. The molecule has 1 unspecified atom stereocenters. The van der Waals surface area contributed by atoms with Gasteiger partial charge in [-0.15, -0.1) is 0 Å². The molecule has 34 heavy (non-hydrogen) atoms. The molecule has 2 amide bonds. The summed E-state index contributed by atoms with van der Waals surface area (Å²) < 4.78 is 36.9. The Labute approximate surface area is 205 Å². The maximum Gasteiger partial charge on any atom is 0.244 e. The highest BCUT2D eigenvalue weighted by Gasteiger charge is 2.31. The first-order valence-corrected chi connectivity index (χ1v) is 12.8. The highest BCUT2D eigenvalue weighted by atomic mass is 35.5. The number of sulfonamides is 1. The summed E-state index contributed by atoms with van der Waals surface area (Å²) in [5, 5.41) is 3.13. The van der Waals surface area contributed by atoms with Crippen molar-refractivity contribution in [2.75, 3.05) is 37.9 Å². The Balaban J connectivity index is 2.47. The van der Waals surface area contributed by atoms with Crippen molar-refractivity contribution in [2.45, 2.75) is 26.4 Å². The van der Waals surface area contributed by atoms with E-state index in [9.17, 15) is 18.0 Å². The summed E-state index contributed by atoms with van der Waals surface area (Å²) in [6.07, 6.45) is 0.996. The number of carbonyl (C=O) groups excluding carboxylic acids is 2. The van der Waals surface area contributed by atoms with Gasteiger partial charge in [0, 0.05) is 24.2 Å². The van der Waals surface area contributed by atoms with Crippen molar-refractivity contribution >= 4 is 39.1 Å². The van der Waals surface area contributed by atoms with Crippen LogP contribution in [0.5, 0.6) is 11.5 Å². The van der Waals surface area contributed by atoms with E-state index in [2.05, 4.69) is 5.32 Å². The van der Waals surface area contributed by atoms with E-state index in [0.717, 1.165) is 10.6 Å². The monoisotopic (exact) mass is 511 g/mol. The third-order valence-electron chi connectivity index (χ3n) is 5.15. The van der Waals surface area contributed by atoms with Gasteiger partial charge >= 0.3 is 0 Å². The van der Waals surface area contributed by atoms with Gasteiger partial charge in [-0.3, -0.25) is 13.9 Å². The maximum atomic E-state index is 13.5. The van der Waals surface area contributed by atoms with E-state index in [0.29, 0.717) is 22.9 Å². The average molecular weight is 512 g/mol. The fraction of sp³-hybridized carbons (Fsp3) is 0.391. The van der Waals surface area contributed by atoms with Gasteiger partial charge in [-0.25, -0.2) is 8.42 Å². The van der Waals surface area contributed by atoms with Crippen molar-refractivity contribution in [2.24, 2.45) is 0 Å². The second kappa shape index (κ2) is 11.9. The van der Waals surface area contributed by atoms with Crippen LogP contribution in [-0.4, -0.2) is 64.7 Å². The molecular weight excluding hydrogens is 482 g/mol. The Morgan fingerprint density at radius 3 is 2.35 bits per heavy atom. The summed E-state index contributed by atoms with van der Waals surface area (Å²) in [5.74, 6) is -0.268. The lowest BCUT2D eigenvalue weighted by molar-refractivity contribution is -0.139. The number of nitrogens with one attached hydrogen (secondary N) is 1. The fourth-order valence-corrected chi connectivity index (χ4v) is 4.35. The maximum absolute atomic E-state index is 13.5. The zero-order valence-electron chi connectivity index (χ0n) is 19.9. The number of rotatable bonds is 11. The first-order valence-electron chi connectivity index (χ1n) is 10.5. The van der Waals surface area contributed by atoms with E-state index in [1.807, 2.05) is 0 Å². The second-order valence-electron chi connectivity index (χ2n) is 7.49. The van der Waals surface area contributed by atoms with E-state index in [4.69, 9.17) is 21.1 Å². The molecule has 186 valence electrons. The van der Waals surface area contributed by atoms with Gasteiger partial charge < -0.3 is 19.7 Å². The molecule has 0 fully saturated rings. The van der Waals surface area contributed by atoms with Gasteiger partial charge in [0.1, 0.15) is 24.1 Å². The van der Waals surface area contributed by atoms with Crippen LogP contribution in [0.4, 0.5) is 5.69 Å². The van der Waals surface area contributed by atoms with Crippen molar-refractivity contribution in [3.8, 4) is 11.5 Å². The summed E-state index contributed by atoms with van der Waals surface area (Å²) in [6.45, 7) is 3.21. The van der Waals surface area contributed by atoms with Gasteiger partial charge in [0.05, 0.1) is 26.2 Å². The molecule has 0 bridgehead atoms. The number of amides is 2. The fourth-order valence-electron chi connectivity index (χ4n) is 3.30. The predicted molar refractivity (Wildman–Crippen MR) is 132 cm³/mol. The molecule has 0 heterocycles. The van der Waals surface area contributed by atoms with Gasteiger partial charge in [0.15, 0.2) is 0 Å². The van der Waals surface area contributed by atoms with Gasteiger partial charge in [-0.1, -0.05) is 29.8 Å². The molecule has 9 nitrogen and oxygen atoms in total. The lowest BCUT2D eigenvalue weighted by atomic mass is 10.1. The molecule has 2 rings (SSSR count). The number of halogens is 1. The molecule has 0 saturated carbocycles. The molecule has 2 aromatic rings. The van der Waals surface area contributed by atoms with E-state index >= 15 is 0 Å². The molecule has 0 saturated heterocycles. The number of carbonyl (C=O) groups is 2. The minimum atomic E-state index is -3.90. The zero-order valence-corrected chi connectivity index (χ0v) is 21.4. The van der Waals surface area contributed by atoms with Crippen LogP contribution in [0, 0.1) is 0 Å². The topological polar surface area (TPSA) is 105 Å². The molecular formula is C23H30ClN3O6S. The van der Waals surface area contributed by atoms with Crippen LogP contribution in [0.2, 0.25) is 5.02 Å².